The predicted molar refractivity (Wildman–Crippen MR) is 113 cm³/mol. The molecule has 8 nitrogen and oxygen atoms in total. The largest absolute Gasteiger partial charge is 0.349 e. The predicted octanol–water partition coefficient (Wildman–Crippen LogP) is 1.74. The normalized spacial score (nSPS) is 15.0. The van der Waals surface area contributed by atoms with Crippen molar-refractivity contribution in [2.45, 2.75) is 77.9 Å². The highest BCUT2D eigenvalue weighted by molar-refractivity contribution is 6.05. The molecule has 0 aliphatic heterocycles. The van der Waals surface area contributed by atoms with Gasteiger partial charge in [0.25, 0.3) is 17.0 Å². The summed E-state index contributed by atoms with van der Waals surface area (Å²) in [4.78, 5) is 51.9. The van der Waals surface area contributed by atoms with Gasteiger partial charge < -0.3 is 5.32 Å². The van der Waals surface area contributed by atoms with Crippen molar-refractivity contribution in [1.29, 1.82) is 0 Å². The highest BCUT2D eigenvalue weighted by Crippen LogP contribution is 2.19. The van der Waals surface area contributed by atoms with Gasteiger partial charge in [-0.25, -0.2) is 4.79 Å². The molecule has 29 heavy (non-hydrogen) atoms. The third-order valence-corrected chi connectivity index (χ3v) is 5.66. The number of fused-ring (bicyclic) bond motifs is 1. The molecule has 0 atom stereocenters. The lowest BCUT2D eigenvalue weighted by molar-refractivity contribution is 0.0929. The van der Waals surface area contributed by atoms with Gasteiger partial charge in [-0.15, -0.1) is 0 Å². The van der Waals surface area contributed by atoms with Crippen LogP contribution in [0.1, 0.15) is 69.2 Å². The Labute approximate surface area is 169 Å². The quantitative estimate of drug-likeness (QED) is 0.796. The molecule has 2 aromatic heterocycles. The van der Waals surface area contributed by atoms with E-state index in [0.29, 0.717) is 19.4 Å². The number of hydrogen-bond acceptors (Lipinski definition) is 4. The van der Waals surface area contributed by atoms with E-state index in [-0.39, 0.29) is 34.7 Å². The van der Waals surface area contributed by atoms with Crippen LogP contribution in [0.3, 0.4) is 0 Å². The molecular formula is C21H30N4O4. The van der Waals surface area contributed by atoms with Crippen LogP contribution in [0.15, 0.2) is 20.4 Å². The number of nitrogens with one attached hydrogen (secondary N) is 1. The molecule has 2 heterocycles. The average molecular weight is 402 g/mol. The van der Waals surface area contributed by atoms with Crippen LogP contribution in [-0.2, 0) is 20.1 Å². The standard InChI is InChI=1S/C21H30N4O4/c1-4-11-24-16(26)13-15(18(27)22-14-9-7-6-8-10-14)17-19(24)23(3)21(29)25(12-5-2)20(17)28/h13-14H,4-12H2,1-3H3,(H,22,27). The van der Waals surface area contributed by atoms with Crippen LogP contribution in [0.25, 0.3) is 11.0 Å². The molecule has 0 saturated heterocycles. The van der Waals surface area contributed by atoms with Gasteiger partial charge in [-0.3, -0.25) is 28.1 Å². The number of nitrogens with zero attached hydrogens (tertiary/aromatic N) is 3. The van der Waals surface area contributed by atoms with Gasteiger partial charge in [0.1, 0.15) is 5.65 Å². The molecule has 1 aliphatic rings. The number of aryl methyl sites for hydroxylation is 2. The molecule has 158 valence electrons. The molecule has 1 saturated carbocycles. The van der Waals surface area contributed by atoms with Gasteiger partial charge in [-0.05, 0) is 25.7 Å². The maximum atomic E-state index is 13.2. The van der Waals surface area contributed by atoms with Crippen LogP contribution in [0.4, 0.5) is 0 Å². The summed E-state index contributed by atoms with van der Waals surface area (Å²) in [5.41, 5.74) is -1.08. The van der Waals surface area contributed by atoms with Crippen LogP contribution < -0.4 is 22.1 Å². The van der Waals surface area contributed by atoms with Gasteiger partial charge in [0.05, 0.1) is 10.9 Å². The zero-order chi connectivity index (χ0) is 21.1. The van der Waals surface area contributed by atoms with Gasteiger partial charge in [-0.2, -0.15) is 0 Å². The summed E-state index contributed by atoms with van der Waals surface area (Å²) in [6, 6.07) is 1.30. The minimum atomic E-state index is -0.511. The topological polar surface area (TPSA) is 95.1 Å². The van der Waals surface area contributed by atoms with E-state index in [1.807, 2.05) is 13.8 Å². The highest BCUT2D eigenvalue weighted by atomic mass is 16.2. The summed E-state index contributed by atoms with van der Waals surface area (Å²) in [5.74, 6) is -0.415. The van der Waals surface area contributed by atoms with Gasteiger partial charge >= 0.3 is 5.69 Å². The Kier molecular flexibility index (Phi) is 6.39. The first-order valence-corrected chi connectivity index (χ1v) is 10.6. The second-order valence-electron chi connectivity index (χ2n) is 7.85. The van der Waals surface area contributed by atoms with Crippen molar-refractivity contribution in [3.8, 4) is 0 Å². The molecule has 0 unspecified atom stereocenters. The molecule has 0 bridgehead atoms. The number of amides is 1. The van der Waals surface area contributed by atoms with Crippen molar-refractivity contribution in [2.75, 3.05) is 0 Å². The molecule has 1 amide bonds. The fourth-order valence-corrected chi connectivity index (χ4v) is 4.24. The van der Waals surface area contributed by atoms with E-state index < -0.39 is 17.2 Å². The van der Waals surface area contributed by atoms with E-state index in [9.17, 15) is 19.2 Å². The first-order valence-electron chi connectivity index (χ1n) is 10.6. The second kappa shape index (κ2) is 8.80. The summed E-state index contributed by atoms with van der Waals surface area (Å²) in [5, 5.41) is 3.14. The van der Waals surface area contributed by atoms with E-state index in [1.54, 1.807) is 7.05 Å². The van der Waals surface area contributed by atoms with Gasteiger partial charge in [0.2, 0.25) is 0 Å². The summed E-state index contributed by atoms with van der Waals surface area (Å²) >= 11 is 0. The zero-order valence-corrected chi connectivity index (χ0v) is 17.5. The molecule has 2 aromatic rings. The third kappa shape index (κ3) is 3.93. The van der Waals surface area contributed by atoms with E-state index in [0.717, 1.165) is 36.7 Å². The van der Waals surface area contributed by atoms with E-state index >= 15 is 0 Å². The van der Waals surface area contributed by atoms with Crippen molar-refractivity contribution < 1.29 is 4.79 Å². The number of rotatable bonds is 6. The minimum Gasteiger partial charge on any atom is -0.349 e. The number of hydrogen-bond donors (Lipinski definition) is 1. The van der Waals surface area contributed by atoms with Crippen molar-refractivity contribution in [1.82, 2.24) is 19.0 Å². The smallest absolute Gasteiger partial charge is 0.332 e. The Bertz CT molecular complexity index is 1090. The minimum absolute atomic E-state index is 0.0507. The lowest BCUT2D eigenvalue weighted by atomic mass is 9.95. The summed E-state index contributed by atoms with van der Waals surface area (Å²) in [7, 11) is 1.55. The third-order valence-electron chi connectivity index (χ3n) is 5.66. The van der Waals surface area contributed by atoms with Crippen LogP contribution in [0.2, 0.25) is 0 Å². The van der Waals surface area contributed by atoms with Gasteiger partial charge in [-0.1, -0.05) is 33.1 Å². The molecule has 0 aromatic carbocycles. The fraction of sp³-hybridized carbons (Fsp3) is 0.619. The Balaban J connectivity index is 2.28. The first-order chi connectivity index (χ1) is 13.9. The Morgan fingerprint density at radius 3 is 2.28 bits per heavy atom. The first kappa shape index (κ1) is 21.1. The SMILES string of the molecule is CCCn1c(=O)c2c(C(=O)NC3CCCCC3)cc(=O)n(CCC)c2n(C)c1=O. The molecule has 1 aliphatic carbocycles. The Hall–Kier alpha value is -2.64. The van der Waals surface area contributed by atoms with Crippen LogP contribution >= 0.6 is 0 Å². The maximum absolute atomic E-state index is 13.2. The molecular weight excluding hydrogens is 372 g/mol. The van der Waals surface area contributed by atoms with Crippen molar-refractivity contribution in [3.05, 3.63) is 42.8 Å². The molecule has 0 spiro atoms. The average Bonchev–Trinajstić information content (AvgIpc) is 2.71. The number of carbonyl (C=O) groups excluding carboxylic acids is 1. The van der Waals surface area contributed by atoms with Crippen molar-refractivity contribution >= 4 is 16.9 Å². The Morgan fingerprint density at radius 2 is 1.66 bits per heavy atom. The Morgan fingerprint density at radius 1 is 1.03 bits per heavy atom. The van der Waals surface area contributed by atoms with Gasteiger partial charge in [0, 0.05) is 32.2 Å². The van der Waals surface area contributed by atoms with Crippen LogP contribution in [0, 0.1) is 0 Å². The van der Waals surface area contributed by atoms with Crippen molar-refractivity contribution in [3.63, 3.8) is 0 Å². The number of carbonyl (C=O) groups is 1. The number of aromatic nitrogens is 3. The van der Waals surface area contributed by atoms with Crippen LogP contribution in [0.5, 0.6) is 0 Å². The lowest BCUT2D eigenvalue weighted by Gasteiger charge is -2.23. The van der Waals surface area contributed by atoms with E-state index in [2.05, 4.69) is 5.32 Å². The molecule has 3 rings (SSSR count). The van der Waals surface area contributed by atoms with Gasteiger partial charge in [0.15, 0.2) is 0 Å². The molecule has 1 fully saturated rings. The highest BCUT2D eigenvalue weighted by Gasteiger charge is 2.24. The maximum Gasteiger partial charge on any atom is 0.332 e. The number of pyridine rings is 1. The molecule has 0 radical (unpaired) electrons. The zero-order valence-electron chi connectivity index (χ0n) is 17.5. The summed E-state index contributed by atoms with van der Waals surface area (Å²) in [6.45, 7) is 4.42. The monoisotopic (exact) mass is 402 g/mol. The molecule has 1 N–H and O–H groups in total. The fourth-order valence-electron chi connectivity index (χ4n) is 4.24. The summed E-state index contributed by atoms with van der Waals surface area (Å²) < 4.78 is 3.90. The summed E-state index contributed by atoms with van der Waals surface area (Å²) in [6.07, 6.45) is 6.34. The van der Waals surface area contributed by atoms with E-state index in [1.165, 1.54) is 15.2 Å². The van der Waals surface area contributed by atoms with Crippen LogP contribution in [-0.4, -0.2) is 25.7 Å². The molecule has 8 heteroatoms. The lowest BCUT2D eigenvalue weighted by Crippen LogP contribution is -2.43. The second-order valence-corrected chi connectivity index (χ2v) is 7.85. The van der Waals surface area contributed by atoms with Crippen molar-refractivity contribution in [2.24, 2.45) is 7.05 Å². The van der Waals surface area contributed by atoms with E-state index in [4.69, 9.17) is 0 Å².